The van der Waals surface area contributed by atoms with Gasteiger partial charge in [-0.15, -0.1) is 0 Å². The highest BCUT2D eigenvalue weighted by atomic mass is 16.1. The van der Waals surface area contributed by atoms with Gasteiger partial charge in [-0.3, -0.25) is 9.69 Å². The lowest BCUT2D eigenvalue weighted by atomic mass is 10.1. The zero-order valence-electron chi connectivity index (χ0n) is 13.2. The van der Waals surface area contributed by atoms with Crippen molar-refractivity contribution < 1.29 is 4.79 Å². The Morgan fingerprint density at radius 2 is 1.80 bits per heavy atom. The molecule has 1 aromatic carbocycles. The largest absolute Gasteiger partial charge is 0.356 e. The van der Waals surface area contributed by atoms with Crippen LogP contribution in [0.1, 0.15) is 39.7 Å². The summed E-state index contributed by atoms with van der Waals surface area (Å²) in [6.07, 6.45) is 0.567. The van der Waals surface area contributed by atoms with Crippen molar-refractivity contribution >= 4 is 5.91 Å². The highest BCUT2D eigenvalue weighted by Gasteiger charge is 2.12. The molecule has 0 saturated heterocycles. The number of carbonyl (C=O) groups is 1. The van der Waals surface area contributed by atoms with Crippen molar-refractivity contribution in [3.05, 3.63) is 35.9 Å². The van der Waals surface area contributed by atoms with Crippen LogP contribution in [0.5, 0.6) is 0 Å². The molecule has 112 valence electrons. The Morgan fingerprint density at radius 1 is 1.15 bits per heavy atom. The predicted octanol–water partition coefficient (Wildman–Crippen LogP) is 3.06. The maximum Gasteiger partial charge on any atom is 0.221 e. The number of carbonyl (C=O) groups excluding carboxylic acids is 1. The molecule has 20 heavy (non-hydrogen) atoms. The Kier molecular flexibility index (Phi) is 7.31. The molecule has 0 atom stereocenters. The number of rotatable bonds is 8. The van der Waals surface area contributed by atoms with E-state index in [4.69, 9.17) is 0 Å². The maximum absolute atomic E-state index is 11.8. The molecule has 0 saturated carbocycles. The van der Waals surface area contributed by atoms with E-state index >= 15 is 0 Å². The molecule has 3 nitrogen and oxygen atoms in total. The number of hydrogen-bond donors (Lipinski definition) is 1. The van der Waals surface area contributed by atoms with Crippen LogP contribution in [0.15, 0.2) is 30.3 Å². The minimum Gasteiger partial charge on any atom is -0.356 e. The van der Waals surface area contributed by atoms with Crippen molar-refractivity contribution in [2.75, 3.05) is 13.1 Å². The molecule has 0 spiro atoms. The minimum atomic E-state index is 0.150. The molecule has 0 aliphatic carbocycles. The van der Waals surface area contributed by atoms with E-state index < -0.39 is 0 Å². The summed E-state index contributed by atoms with van der Waals surface area (Å²) in [5.74, 6) is 0.655. The summed E-state index contributed by atoms with van der Waals surface area (Å²) in [7, 11) is 0. The molecule has 0 radical (unpaired) electrons. The molecule has 1 amide bonds. The van der Waals surface area contributed by atoms with E-state index in [1.807, 2.05) is 6.07 Å². The Bertz CT molecular complexity index is 387. The van der Waals surface area contributed by atoms with Crippen LogP contribution in [0, 0.1) is 5.92 Å². The molecule has 3 heteroatoms. The van der Waals surface area contributed by atoms with Gasteiger partial charge in [0.05, 0.1) is 0 Å². The van der Waals surface area contributed by atoms with Crippen molar-refractivity contribution in [3.63, 3.8) is 0 Å². The summed E-state index contributed by atoms with van der Waals surface area (Å²) in [4.78, 5) is 14.1. The molecule has 0 aliphatic heterocycles. The van der Waals surface area contributed by atoms with E-state index in [-0.39, 0.29) is 5.91 Å². The minimum absolute atomic E-state index is 0.150. The molecule has 0 fully saturated rings. The average Bonchev–Trinajstić information content (AvgIpc) is 2.42. The van der Waals surface area contributed by atoms with Gasteiger partial charge in [0.2, 0.25) is 5.91 Å². The zero-order valence-corrected chi connectivity index (χ0v) is 13.2. The molecule has 0 unspecified atom stereocenters. The second kappa shape index (κ2) is 8.75. The molecule has 0 bridgehead atoms. The number of amides is 1. The van der Waals surface area contributed by atoms with Gasteiger partial charge in [-0.2, -0.15) is 0 Å². The van der Waals surface area contributed by atoms with Gasteiger partial charge in [-0.05, 0) is 25.3 Å². The Balaban J connectivity index is 2.42. The predicted molar refractivity (Wildman–Crippen MR) is 84.5 cm³/mol. The molecule has 1 N–H and O–H groups in total. The van der Waals surface area contributed by atoms with Gasteiger partial charge in [0.1, 0.15) is 0 Å². The van der Waals surface area contributed by atoms with Crippen LogP contribution in [0.4, 0.5) is 0 Å². The molecule has 0 heterocycles. The van der Waals surface area contributed by atoms with Crippen LogP contribution in [0.2, 0.25) is 0 Å². The van der Waals surface area contributed by atoms with Crippen LogP contribution in [0.25, 0.3) is 0 Å². The fourth-order valence-corrected chi connectivity index (χ4v) is 1.99. The van der Waals surface area contributed by atoms with Gasteiger partial charge in [0.25, 0.3) is 0 Å². The van der Waals surface area contributed by atoms with Crippen LogP contribution < -0.4 is 5.32 Å². The maximum atomic E-state index is 11.8. The molecule has 0 aromatic heterocycles. The topological polar surface area (TPSA) is 32.3 Å². The summed E-state index contributed by atoms with van der Waals surface area (Å²) in [5.41, 5.74) is 1.30. The average molecular weight is 276 g/mol. The second-order valence-electron chi connectivity index (χ2n) is 6.00. The highest BCUT2D eigenvalue weighted by Crippen LogP contribution is 2.08. The van der Waals surface area contributed by atoms with Crippen molar-refractivity contribution in [1.82, 2.24) is 10.2 Å². The molecular formula is C17H28N2O. The number of nitrogens with one attached hydrogen (secondary N) is 1. The van der Waals surface area contributed by atoms with Crippen molar-refractivity contribution in [2.24, 2.45) is 5.92 Å². The van der Waals surface area contributed by atoms with Gasteiger partial charge >= 0.3 is 0 Å². The van der Waals surface area contributed by atoms with Gasteiger partial charge in [0, 0.05) is 32.1 Å². The number of hydrogen-bond acceptors (Lipinski definition) is 2. The molecule has 1 rings (SSSR count). The van der Waals surface area contributed by atoms with Gasteiger partial charge in [-0.1, -0.05) is 44.2 Å². The van der Waals surface area contributed by atoms with E-state index in [2.05, 4.69) is 62.2 Å². The first-order valence-corrected chi connectivity index (χ1v) is 7.53. The first-order valence-electron chi connectivity index (χ1n) is 7.53. The Labute approximate surface area is 123 Å². The molecular weight excluding hydrogens is 248 g/mol. The highest BCUT2D eigenvalue weighted by molar-refractivity contribution is 5.76. The third-order valence-corrected chi connectivity index (χ3v) is 3.29. The van der Waals surface area contributed by atoms with Gasteiger partial charge < -0.3 is 5.32 Å². The second-order valence-corrected chi connectivity index (χ2v) is 6.00. The van der Waals surface area contributed by atoms with Crippen LogP contribution >= 0.6 is 0 Å². The van der Waals surface area contributed by atoms with E-state index in [0.717, 1.165) is 19.6 Å². The smallest absolute Gasteiger partial charge is 0.221 e. The third-order valence-electron chi connectivity index (χ3n) is 3.29. The van der Waals surface area contributed by atoms with Crippen molar-refractivity contribution in [1.29, 1.82) is 0 Å². The SMILES string of the molecule is CC(C)CNC(=O)CCN(Cc1ccccc1)C(C)C. The molecule has 0 aliphatic rings. The summed E-state index contributed by atoms with van der Waals surface area (Å²) < 4.78 is 0. The standard InChI is InChI=1S/C17H28N2O/c1-14(2)12-18-17(20)10-11-19(15(3)4)13-16-8-6-5-7-9-16/h5-9,14-15H,10-13H2,1-4H3,(H,18,20). The van der Waals surface area contributed by atoms with Gasteiger partial charge in [-0.25, -0.2) is 0 Å². The normalized spacial score (nSPS) is 11.3. The Morgan fingerprint density at radius 3 is 2.35 bits per heavy atom. The Hall–Kier alpha value is -1.35. The lowest BCUT2D eigenvalue weighted by molar-refractivity contribution is -0.121. The zero-order chi connectivity index (χ0) is 15.0. The monoisotopic (exact) mass is 276 g/mol. The first kappa shape index (κ1) is 16.7. The van der Waals surface area contributed by atoms with Crippen molar-refractivity contribution in [3.8, 4) is 0 Å². The fourth-order valence-electron chi connectivity index (χ4n) is 1.99. The van der Waals surface area contributed by atoms with E-state index in [0.29, 0.717) is 18.4 Å². The lowest BCUT2D eigenvalue weighted by Gasteiger charge is -2.26. The van der Waals surface area contributed by atoms with Crippen LogP contribution in [-0.2, 0) is 11.3 Å². The summed E-state index contributed by atoms with van der Waals surface area (Å²) >= 11 is 0. The summed E-state index contributed by atoms with van der Waals surface area (Å²) in [6.45, 7) is 11.0. The summed E-state index contributed by atoms with van der Waals surface area (Å²) in [6, 6.07) is 10.9. The fraction of sp³-hybridized carbons (Fsp3) is 0.588. The van der Waals surface area contributed by atoms with Gasteiger partial charge in [0.15, 0.2) is 0 Å². The quantitative estimate of drug-likeness (QED) is 0.791. The van der Waals surface area contributed by atoms with E-state index in [1.54, 1.807) is 0 Å². The first-order chi connectivity index (χ1) is 9.49. The third kappa shape index (κ3) is 6.71. The molecule has 1 aromatic rings. The lowest BCUT2D eigenvalue weighted by Crippen LogP contribution is -2.35. The van der Waals surface area contributed by atoms with Crippen LogP contribution in [-0.4, -0.2) is 29.9 Å². The number of benzene rings is 1. The number of nitrogens with zero attached hydrogens (tertiary/aromatic N) is 1. The van der Waals surface area contributed by atoms with E-state index in [9.17, 15) is 4.79 Å². The van der Waals surface area contributed by atoms with E-state index in [1.165, 1.54) is 5.56 Å². The van der Waals surface area contributed by atoms with Crippen LogP contribution in [0.3, 0.4) is 0 Å². The summed E-state index contributed by atoms with van der Waals surface area (Å²) in [5, 5.41) is 2.97. The van der Waals surface area contributed by atoms with Crippen molar-refractivity contribution in [2.45, 2.75) is 46.7 Å².